The summed E-state index contributed by atoms with van der Waals surface area (Å²) < 4.78 is 5.79. The van der Waals surface area contributed by atoms with Crippen molar-refractivity contribution >= 4 is 11.9 Å². The van der Waals surface area contributed by atoms with E-state index in [2.05, 4.69) is 19.2 Å². The number of urea groups is 1. The number of carbonyl (C=O) groups excluding carboxylic acids is 2. The molecule has 2 aromatic rings. The van der Waals surface area contributed by atoms with Crippen LogP contribution in [-0.2, 0) is 17.9 Å². The van der Waals surface area contributed by atoms with Crippen molar-refractivity contribution in [3.63, 3.8) is 0 Å². The topological polar surface area (TPSA) is 65.8 Å². The molecule has 1 aromatic heterocycles. The number of furan rings is 1. The largest absolute Gasteiger partial charge is 0.464 e. The number of hydrogen-bond donors (Lipinski definition) is 1. The Morgan fingerprint density at radius 3 is 2.14 bits per heavy atom. The van der Waals surface area contributed by atoms with Gasteiger partial charge in [-0.05, 0) is 86.8 Å². The standard InChI is InChI=1S/C30H41N3O3/c1-21(2)17-33(29(35)31-30-14-24-11-25(15-30)13-26(12-24)16-30)20-28(34)32(18-23-7-5-4-6-8-23)19-27-10-9-22(3)36-27/h4-10,21,24-26H,11-20H2,1-3H3,(H,31,35). The normalized spacial score (nSPS) is 26.3. The molecule has 0 aliphatic heterocycles. The van der Waals surface area contributed by atoms with E-state index in [0.717, 1.165) is 54.1 Å². The van der Waals surface area contributed by atoms with E-state index in [0.29, 0.717) is 19.6 Å². The smallest absolute Gasteiger partial charge is 0.318 e. The summed E-state index contributed by atoms with van der Waals surface area (Å²) in [4.78, 5) is 30.9. The van der Waals surface area contributed by atoms with E-state index in [1.165, 1.54) is 19.3 Å². The van der Waals surface area contributed by atoms with Crippen molar-refractivity contribution in [2.45, 2.75) is 77.9 Å². The van der Waals surface area contributed by atoms with Crippen molar-refractivity contribution < 1.29 is 14.0 Å². The maximum Gasteiger partial charge on any atom is 0.318 e. The summed E-state index contributed by atoms with van der Waals surface area (Å²) in [5.41, 5.74) is 0.988. The lowest BCUT2D eigenvalue weighted by Gasteiger charge is -2.57. The Hall–Kier alpha value is -2.76. The molecular weight excluding hydrogens is 450 g/mol. The zero-order valence-corrected chi connectivity index (χ0v) is 22.0. The third-order valence-corrected chi connectivity index (χ3v) is 8.32. The van der Waals surface area contributed by atoms with Gasteiger partial charge in [0.15, 0.2) is 0 Å². The molecular formula is C30H41N3O3. The molecule has 1 heterocycles. The molecule has 1 aromatic carbocycles. The summed E-state index contributed by atoms with van der Waals surface area (Å²) in [7, 11) is 0. The lowest BCUT2D eigenvalue weighted by molar-refractivity contribution is -0.133. The fraction of sp³-hybridized carbons (Fsp3) is 0.600. The summed E-state index contributed by atoms with van der Waals surface area (Å²) in [6.45, 7) is 7.60. The van der Waals surface area contributed by atoms with Crippen LogP contribution in [0.15, 0.2) is 46.9 Å². The molecule has 6 nitrogen and oxygen atoms in total. The minimum absolute atomic E-state index is 0.0609. The van der Waals surface area contributed by atoms with Gasteiger partial charge in [0.1, 0.15) is 18.1 Å². The summed E-state index contributed by atoms with van der Waals surface area (Å²) in [5.74, 6) is 4.07. The maximum atomic E-state index is 13.7. The molecule has 0 radical (unpaired) electrons. The van der Waals surface area contributed by atoms with Crippen LogP contribution < -0.4 is 5.32 Å². The van der Waals surface area contributed by atoms with E-state index in [4.69, 9.17) is 4.42 Å². The van der Waals surface area contributed by atoms with Crippen molar-refractivity contribution in [1.29, 1.82) is 0 Å². The first-order valence-corrected chi connectivity index (χ1v) is 13.7. The van der Waals surface area contributed by atoms with E-state index in [-0.39, 0.29) is 29.9 Å². The lowest BCUT2D eigenvalue weighted by Crippen LogP contribution is -2.62. The van der Waals surface area contributed by atoms with Crippen LogP contribution in [0.25, 0.3) is 0 Å². The fourth-order valence-corrected chi connectivity index (χ4v) is 7.29. The predicted octanol–water partition coefficient (Wildman–Crippen LogP) is 5.75. The van der Waals surface area contributed by atoms with Gasteiger partial charge in [-0.15, -0.1) is 0 Å². The third-order valence-electron chi connectivity index (χ3n) is 8.32. The van der Waals surface area contributed by atoms with Gasteiger partial charge < -0.3 is 19.5 Å². The first-order valence-electron chi connectivity index (χ1n) is 13.7. The highest BCUT2D eigenvalue weighted by molar-refractivity contribution is 5.84. The molecule has 0 saturated heterocycles. The molecule has 0 spiro atoms. The van der Waals surface area contributed by atoms with Gasteiger partial charge in [-0.25, -0.2) is 4.79 Å². The molecule has 4 aliphatic rings. The fourth-order valence-electron chi connectivity index (χ4n) is 7.29. The van der Waals surface area contributed by atoms with Crippen LogP contribution in [-0.4, -0.2) is 40.4 Å². The second kappa shape index (κ2) is 10.3. The average Bonchev–Trinajstić information content (AvgIpc) is 3.22. The Morgan fingerprint density at radius 2 is 1.58 bits per heavy atom. The molecule has 194 valence electrons. The van der Waals surface area contributed by atoms with Crippen molar-refractivity contribution in [1.82, 2.24) is 15.1 Å². The molecule has 4 bridgehead atoms. The Balaban J connectivity index is 1.30. The molecule has 0 unspecified atom stereocenters. The SMILES string of the molecule is Cc1ccc(CN(Cc2ccccc2)C(=O)CN(CC(C)C)C(=O)NC23CC4CC(CC(C4)C2)C3)o1. The number of benzene rings is 1. The number of rotatable bonds is 9. The summed E-state index contributed by atoms with van der Waals surface area (Å²) in [6, 6.07) is 13.8. The van der Waals surface area contributed by atoms with Crippen LogP contribution in [0.3, 0.4) is 0 Å². The number of amides is 3. The molecule has 36 heavy (non-hydrogen) atoms. The van der Waals surface area contributed by atoms with Gasteiger partial charge in [-0.2, -0.15) is 0 Å². The van der Waals surface area contributed by atoms with Crippen LogP contribution in [0.5, 0.6) is 0 Å². The number of hydrogen-bond acceptors (Lipinski definition) is 3. The quantitative estimate of drug-likeness (QED) is 0.485. The minimum atomic E-state index is -0.0764. The molecule has 1 N–H and O–H groups in total. The third kappa shape index (κ3) is 5.79. The van der Waals surface area contributed by atoms with E-state index < -0.39 is 0 Å². The first kappa shape index (κ1) is 24.9. The number of nitrogens with zero attached hydrogens (tertiary/aromatic N) is 2. The molecule has 6 heteroatoms. The van der Waals surface area contributed by atoms with Crippen molar-refractivity contribution in [3.8, 4) is 0 Å². The van der Waals surface area contributed by atoms with Gasteiger partial charge in [0.2, 0.25) is 5.91 Å². The van der Waals surface area contributed by atoms with Gasteiger partial charge in [0.25, 0.3) is 0 Å². The molecule has 3 amide bonds. The van der Waals surface area contributed by atoms with E-state index in [9.17, 15) is 9.59 Å². The van der Waals surface area contributed by atoms with Gasteiger partial charge in [0, 0.05) is 18.6 Å². The van der Waals surface area contributed by atoms with Crippen LogP contribution in [0, 0.1) is 30.6 Å². The van der Waals surface area contributed by atoms with Crippen LogP contribution in [0.1, 0.15) is 69.5 Å². The van der Waals surface area contributed by atoms with Gasteiger partial charge in [-0.3, -0.25) is 4.79 Å². The summed E-state index contributed by atoms with van der Waals surface area (Å²) >= 11 is 0. The second-order valence-corrected chi connectivity index (χ2v) is 12.2. The molecule has 4 aliphatic carbocycles. The average molecular weight is 492 g/mol. The van der Waals surface area contributed by atoms with E-state index >= 15 is 0 Å². The highest BCUT2D eigenvalue weighted by Gasteiger charge is 2.51. The number of aryl methyl sites for hydroxylation is 1. The molecule has 0 atom stereocenters. The molecule has 4 saturated carbocycles. The van der Waals surface area contributed by atoms with Crippen LogP contribution in [0.4, 0.5) is 4.79 Å². The van der Waals surface area contributed by atoms with E-state index in [1.807, 2.05) is 49.4 Å². The second-order valence-electron chi connectivity index (χ2n) is 12.2. The maximum absolute atomic E-state index is 13.7. The molecule has 6 rings (SSSR count). The van der Waals surface area contributed by atoms with Crippen molar-refractivity contribution in [3.05, 3.63) is 59.5 Å². The number of nitrogens with one attached hydrogen (secondary N) is 1. The van der Waals surface area contributed by atoms with Crippen molar-refractivity contribution in [2.75, 3.05) is 13.1 Å². The Morgan fingerprint density at radius 1 is 0.944 bits per heavy atom. The predicted molar refractivity (Wildman–Crippen MR) is 140 cm³/mol. The van der Waals surface area contributed by atoms with E-state index in [1.54, 1.807) is 9.80 Å². The first-order chi connectivity index (χ1) is 17.3. The summed E-state index contributed by atoms with van der Waals surface area (Å²) in [5, 5.41) is 3.47. The van der Waals surface area contributed by atoms with Gasteiger partial charge in [0.05, 0.1) is 6.54 Å². The summed E-state index contributed by atoms with van der Waals surface area (Å²) in [6.07, 6.45) is 7.32. The van der Waals surface area contributed by atoms with Gasteiger partial charge in [-0.1, -0.05) is 44.2 Å². The Kier molecular flexibility index (Phi) is 7.14. The Bertz CT molecular complexity index is 1030. The lowest BCUT2D eigenvalue weighted by atomic mass is 9.53. The van der Waals surface area contributed by atoms with Crippen LogP contribution in [0.2, 0.25) is 0 Å². The zero-order valence-electron chi connectivity index (χ0n) is 22.0. The Labute approximate surface area is 215 Å². The van der Waals surface area contributed by atoms with Gasteiger partial charge >= 0.3 is 6.03 Å². The minimum Gasteiger partial charge on any atom is -0.464 e. The molecule has 4 fully saturated rings. The monoisotopic (exact) mass is 491 g/mol. The zero-order chi connectivity index (χ0) is 25.3. The highest BCUT2D eigenvalue weighted by atomic mass is 16.3. The van der Waals surface area contributed by atoms with Crippen molar-refractivity contribution in [2.24, 2.45) is 23.7 Å². The highest BCUT2D eigenvalue weighted by Crippen LogP contribution is 2.55. The number of carbonyl (C=O) groups is 2. The van der Waals surface area contributed by atoms with Crippen LogP contribution >= 0.6 is 0 Å².